The van der Waals surface area contributed by atoms with E-state index in [1.807, 2.05) is 24.3 Å². The van der Waals surface area contributed by atoms with Crippen LogP contribution in [0.4, 0.5) is 5.69 Å². The van der Waals surface area contributed by atoms with Crippen molar-refractivity contribution in [2.24, 2.45) is 22.6 Å². The molecule has 5 nitrogen and oxygen atoms in total. The fraction of sp³-hybridized carbons (Fsp3) is 0.562. The van der Waals surface area contributed by atoms with E-state index in [4.69, 9.17) is 15.6 Å². The number of ether oxygens (including phenoxy) is 1. The number of anilines is 1. The standard InChI is InChI=1S/C16H27N3O2.HI/c1-12(2)10-13(8-9-20)11-18-16(17)19-14-6-4-5-7-15(14)21-3;/h4-7,12-13,20H,8-11H2,1-3H3,(H3,17,18,19);1H. The maximum atomic E-state index is 9.11. The summed E-state index contributed by atoms with van der Waals surface area (Å²) in [5.41, 5.74) is 6.72. The Hall–Kier alpha value is -1.02. The van der Waals surface area contributed by atoms with Crippen molar-refractivity contribution in [2.45, 2.75) is 26.7 Å². The number of para-hydroxylation sites is 2. The number of halogens is 1. The first-order valence-electron chi connectivity index (χ1n) is 7.37. The molecule has 4 N–H and O–H groups in total. The van der Waals surface area contributed by atoms with E-state index in [9.17, 15) is 0 Å². The smallest absolute Gasteiger partial charge is 0.193 e. The zero-order chi connectivity index (χ0) is 15.7. The van der Waals surface area contributed by atoms with E-state index in [0.29, 0.717) is 24.3 Å². The van der Waals surface area contributed by atoms with E-state index >= 15 is 0 Å². The number of rotatable bonds is 8. The van der Waals surface area contributed by atoms with Gasteiger partial charge in [0.1, 0.15) is 5.75 Å². The molecule has 6 heteroatoms. The molecule has 126 valence electrons. The first-order chi connectivity index (χ1) is 10.1. The van der Waals surface area contributed by atoms with Gasteiger partial charge in [-0.05, 0) is 36.8 Å². The molecule has 0 aromatic heterocycles. The molecule has 0 fully saturated rings. The van der Waals surface area contributed by atoms with Crippen LogP contribution >= 0.6 is 24.0 Å². The van der Waals surface area contributed by atoms with Crippen molar-refractivity contribution in [2.75, 3.05) is 25.6 Å². The lowest BCUT2D eigenvalue weighted by atomic mass is 9.94. The second kappa shape index (κ2) is 11.5. The van der Waals surface area contributed by atoms with Gasteiger partial charge in [0.15, 0.2) is 5.96 Å². The minimum atomic E-state index is 0. The van der Waals surface area contributed by atoms with Gasteiger partial charge in [-0.15, -0.1) is 24.0 Å². The molecule has 1 unspecified atom stereocenters. The summed E-state index contributed by atoms with van der Waals surface area (Å²) in [7, 11) is 1.62. The highest BCUT2D eigenvalue weighted by Gasteiger charge is 2.10. The van der Waals surface area contributed by atoms with Gasteiger partial charge in [0.25, 0.3) is 0 Å². The summed E-state index contributed by atoms with van der Waals surface area (Å²) in [5, 5.41) is 12.2. The Bertz CT molecular complexity index is 453. The molecule has 0 aliphatic carbocycles. The number of aliphatic imine (C=N–C) groups is 1. The van der Waals surface area contributed by atoms with Crippen LogP contribution in [0.5, 0.6) is 5.75 Å². The summed E-state index contributed by atoms with van der Waals surface area (Å²) in [6.07, 6.45) is 1.79. The number of nitrogens with two attached hydrogens (primary N) is 1. The number of guanidine groups is 1. The zero-order valence-corrected chi connectivity index (χ0v) is 15.9. The van der Waals surface area contributed by atoms with Crippen molar-refractivity contribution in [1.82, 2.24) is 0 Å². The summed E-state index contributed by atoms with van der Waals surface area (Å²) in [4.78, 5) is 4.38. The molecule has 1 rings (SSSR count). The Kier molecular flexibility index (Phi) is 11.0. The molecule has 0 spiro atoms. The molecule has 0 bridgehead atoms. The van der Waals surface area contributed by atoms with Crippen LogP contribution in [0.1, 0.15) is 26.7 Å². The third kappa shape index (κ3) is 7.84. The van der Waals surface area contributed by atoms with Crippen molar-refractivity contribution < 1.29 is 9.84 Å². The largest absolute Gasteiger partial charge is 0.495 e. The molecular formula is C16H28IN3O2. The summed E-state index contributed by atoms with van der Waals surface area (Å²) in [6.45, 7) is 5.15. The van der Waals surface area contributed by atoms with Crippen LogP contribution in [0.25, 0.3) is 0 Å². The van der Waals surface area contributed by atoms with E-state index in [0.717, 1.165) is 24.3 Å². The molecule has 1 aromatic rings. The number of aliphatic hydroxyl groups is 1. The number of hydrogen-bond donors (Lipinski definition) is 3. The van der Waals surface area contributed by atoms with Gasteiger partial charge >= 0.3 is 0 Å². The Labute approximate surface area is 150 Å². The second-order valence-electron chi connectivity index (χ2n) is 5.56. The monoisotopic (exact) mass is 421 g/mol. The van der Waals surface area contributed by atoms with Crippen LogP contribution in [0.15, 0.2) is 29.3 Å². The fourth-order valence-corrected chi connectivity index (χ4v) is 2.29. The second-order valence-corrected chi connectivity index (χ2v) is 5.56. The Morgan fingerprint density at radius 2 is 2.05 bits per heavy atom. The quantitative estimate of drug-likeness (QED) is 0.343. The first kappa shape index (κ1) is 21.0. The molecule has 0 radical (unpaired) electrons. The molecule has 0 heterocycles. The zero-order valence-electron chi connectivity index (χ0n) is 13.6. The highest BCUT2D eigenvalue weighted by molar-refractivity contribution is 14.0. The number of benzene rings is 1. The van der Waals surface area contributed by atoms with Gasteiger partial charge in [0.05, 0.1) is 12.8 Å². The topological polar surface area (TPSA) is 79.9 Å². The molecule has 0 saturated carbocycles. The van der Waals surface area contributed by atoms with E-state index < -0.39 is 0 Å². The molecular weight excluding hydrogens is 393 g/mol. The predicted molar refractivity (Wildman–Crippen MR) is 103 cm³/mol. The number of methoxy groups -OCH3 is 1. The van der Waals surface area contributed by atoms with Crippen molar-refractivity contribution in [3.8, 4) is 5.75 Å². The molecule has 22 heavy (non-hydrogen) atoms. The van der Waals surface area contributed by atoms with Crippen molar-refractivity contribution >= 4 is 35.6 Å². The summed E-state index contributed by atoms with van der Waals surface area (Å²) in [5.74, 6) is 2.03. The average Bonchev–Trinajstić information content (AvgIpc) is 2.45. The van der Waals surface area contributed by atoms with Gasteiger partial charge in [0, 0.05) is 13.2 Å². The number of hydrogen-bond acceptors (Lipinski definition) is 3. The van der Waals surface area contributed by atoms with Gasteiger partial charge in [-0.2, -0.15) is 0 Å². The lowest BCUT2D eigenvalue weighted by molar-refractivity contribution is 0.246. The van der Waals surface area contributed by atoms with Crippen LogP contribution in [-0.2, 0) is 0 Å². The van der Waals surface area contributed by atoms with Crippen LogP contribution in [0, 0.1) is 11.8 Å². The van der Waals surface area contributed by atoms with Gasteiger partial charge in [-0.1, -0.05) is 26.0 Å². The van der Waals surface area contributed by atoms with E-state index in [1.165, 1.54) is 0 Å². The van der Waals surface area contributed by atoms with Crippen molar-refractivity contribution in [1.29, 1.82) is 0 Å². The Morgan fingerprint density at radius 3 is 2.64 bits per heavy atom. The SMILES string of the molecule is COc1ccccc1NC(N)=NCC(CCO)CC(C)C.I. The van der Waals surface area contributed by atoms with E-state index in [1.54, 1.807) is 7.11 Å². The van der Waals surface area contributed by atoms with E-state index in [2.05, 4.69) is 24.2 Å². The Morgan fingerprint density at radius 1 is 1.36 bits per heavy atom. The summed E-state index contributed by atoms with van der Waals surface area (Å²) < 4.78 is 5.26. The third-order valence-corrected chi connectivity index (χ3v) is 3.23. The average molecular weight is 421 g/mol. The predicted octanol–water partition coefficient (Wildman–Crippen LogP) is 3.08. The van der Waals surface area contributed by atoms with Crippen LogP contribution in [0.2, 0.25) is 0 Å². The first-order valence-corrected chi connectivity index (χ1v) is 7.37. The summed E-state index contributed by atoms with van der Waals surface area (Å²) in [6, 6.07) is 7.56. The Balaban J connectivity index is 0.00000441. The van der Waals surface area contributed by atoms with Gasteiger partial charge in [-0.3, -0.25) is 4.99 Å². The third-order valence-electron chi connectivity index (χ3n) is 3.23. The lowest BCUT2D eigenvalue weighted by Gasteiger charge is -2.16. The van der Waals surface area contributed by atoms with Crippen LogP contribution in [-0.4, -0.2) is 31.3 Å². The van der Waals surface area contributed by atoms with E-state index in [-0.39, 0.29) is 30.6 Å². The molecule has 0 aliphatic rings. The molecule has 1 atom stereocenters. The minimum absolute atomic E-state index is 0. The number of nitrogens with zero attached hydrogens (tertiary/aromatic N) is 1. The molecule has 0 saturated heterocycles. The molecule has 0 aliphatic heterocycles. The normalized spacial score (nSPS) is 12.7. The van der Waals surface area contributed by atoms with Gasteiger partial charge in [0.2, 0.25) is 0 Å². The number of aliphatic hydroxyl groups excluding tert-OH is 1. The van der Waals surface area contributed by atoms with Gasteiger partial charge < -0.3 is 20.9 Å². The fourth-order valence-electron chi connectivity index (χ4n) is 2.29. The van der Waals surface area contributed by atoms with Crippen LogP contribution in [0.3, 0.4) is 0 Å². The highest BCUT2D eigenvalue weighted by atomic mass is 127. The number of nitrogens with one attached hydrogen (secondary N) is 1. The molecule has 1 aromatic carbocycles. The lowest BCUT2D eigenvalue weighted by Crippen LogP contribution is -2.24. The molecule has 0 amide bonds. The van der Waals surface area contributed by atoms with Crippen LogP contribution < -0.4 is 15.8 Å². The van der Waals surface area contributed by atoms with Crippen molar-refractivity contribution in [3.05, 3.63) is 24.3 Å². The maximum Gasteiger partial charge on any atom is 0.193 e. The van der Waals surface area contributed by atoms with Gasteiger partial charge in [-0.25, -0.2) is 0 Å². The maximum absolute atomic E-state index is 9.11. The van der Waals surface area contributed by atoms with Crippen molar-refractivity contribution in [3.63, 3.8) is 0 Å². The minimum Gasteiger partial charge on any atom is -0.495 e. The summed E-state index contributed by atoms with van der Waals surface area (Å²) >= 11 is 0. The highest BCUT2D eigenvalue weighted by Crippen LogP contribution is 2.22.